The number of aryl methyl sites for hydroxylation is 1. The van der Waals surface area contributed by atoms with Crippen molar-refractivity contribution in [1.82, 2.24) is 9.97 Å². The Balaban J connectivity index is 1.65. The molecule has 0 unspecified atom stereocenters. The van der Waals surface area contributed by atoms with Crippen LogP contribution in [0.1, 0.15) is 17.5 Å². The number of nitriles is 1. The fourth-order valence-electron chi connectivity index (χ4n) is 2.61. The molecular weight excluding hydrogens is 384 g/mol. The van der Waals surface area contributed by atoms with E-state index in [2.05, 4.69) is 21.4 Å². The quantitative estimate of drug-likeness (QED) is 0.585. The predicted octanol–water partition coefficient (Wildman–Crippen LogP) is 4.45. The smallest absolute Gasteiger partial charge is 0.226 e. The molecule has 29 heavy (non-hydrogen) atoms. The Kier molecular flexibility index (Phi) is 6.82. The van der Waals surface area contributed by atoms with Crippen molar-refractivity contribution in [2.24, 2.45) is 0 Å². The molecule has 1 amide bonds. The zero-order valence-corrected chi connectivity index (χ0v) is 17.0. The Hall–Kier alpha value is -3.37. The Morgan fingerprint density at radius 3 is 2.69 bits per heavy atom. The number of amides is 1. The van der Waals surface area contributed by atoms with Gasteiger partial charge in [-0.2, -0.15) is 5.26 Å². The summed E-state index contributed by atoms with van der Waals surface area (Å²) < 4.78 is 5.18. The van der Waals surface area contributed by atoms with Crippen molar-refractivity contribution in [3.63, 3.8) is 0 Å². The molecule has 1 N–H and O–H groups in total. The first-order chi connectivity index (χ1) is 14.1. The largest absolute Gasteiger partial charge is 0.497 e. The number of pyridine rings is 2. The number of hydrogen-bond donors (Lipinski definition) is 1. The van der Waals surface area contributed by atoms with E-state index in [1.54, 1.807) is 19.4 Å². The van der Waals surface area contributed by atoms with Crippen LogP contribution in [0, 0.1) is 18.3 Å². The Bertz CT molecular complexity index is 1050. The number of benzene rings is 1. The molecule has 0 atom stereocenters. The maximum Gasteiger partial charge on any atom is 0.226 e. The minimum atomic E-state index is -0.121. The first-order valence-corrected chi connectivity index (χ1v) is 9.99. The number of carbonyl (C=O) groups is 1. The van der Waals surface area contributed by atoms with E-state index in [1.807, 2.05) is 49.4 Å². The van der Waals surface area contributed by atoms with E-state index in [0.717, 1.165) is 22.6 Å². The third kappa shape index (κ3) is 5.33. The second kappa shape index (κ2) is 9.71. The third-order valence-corrected chi connectivity index (χ3v) is 5.19. The number of carbonyl (C=O) groups excluding carboxylic acids is 1. The summed E-state index contributed by atoms with van der Waals surface area (Å²) in [6.45, 7) is 1.89. The van der Waals surface area contributed by atoms with Crippen molar-refractivity contribution in [2.75, 3.05) is 18.2 Å². The average molecular weight is 404 g/mol. The maximum atomic E-state index is 12.2. The summed E-state index contributed by atoms with van der Waals surface area (Å²) in [6.07, 6.45) is 1.94. The van der Waals surface area contributed by atoms with Crippen LogP contribution in [-0.4, -0.2) is 28.7 Å². The molecular formula is C22H20N4O2S. The molecule has 0 saturated carbocycles. The van der Waals surface area contributed by atoms with E-state index in [1.165, 1.54) is 11.8 Å². The molecule has 0 bridgehead atoms. The molecule has 146 valence electrons. The summed E-state index contributed by atoms with van der Waals surface area (Å²) in [7, 11) is 1.62. The predicted molar refractivity (Wildman–Crippen MR) is 114 cm³/mol. The summed E-state index contributed by atoms with van der Waals surface area (Å²) in [4.78, 5) is 21.0. The molecule has 0 aliphatic carbocycles. The molecule has 3 rings (SSSR count). The SMILES string of the molecule is COc1ccc(-c2ccc(C#N)c(SCCC(=O)Nc3ncccc3C)n2)cc1. The number of ether oxygens (including phenoxy) is 1. The molecule has 6 nitrogen and oxygen atoms in total. The van der Waals surface area contributed by atoms with Crippen LogP contribution in [0.3, 0.4) is 0 Å². The zero-order valence-electron chi connectivity index (χ0n) is 16.2. The summed E-state index contributed by atoms with van der Waals surface area (Å²) in [5.74, 6) is 1.72. The maximum absolute atomic E-state index is 12.2. The highest BCUT2D eigenvalue weighted by molar-refractivity contribution is 7.99. The Labute approximate surface area is 174 Å². The van der Waals surface area contributed by atoms with Crippen molar-refractivity contribution >= 4 is 23.5 Å². The Morgan fingerprint density at radius 1 is 1.21 bits per heavy atom. The fourth-order valence-corrected chi connectivity index (χ4v) is 3.52. The lowest BCUT2D eigenvalue weighted by Gasteiger charge is -2.08. The molecule has 1 aromatic carbocycles. The second-order valence-corrected chi connectivity index (χ2v) is 7.29. The molecule has 2 aromatic heterocycles. The van der Waals surface area contributed by atoms with Crippen LogP contribution in [0.15, 0.2) is 59.8 Å². The highest BCUT2D eigenvalue weighted by atomic mass is 32.2. The van der Waals surface area contributed by atoms with E-state index in [9.17, 15) is 10.1 Å². The Morgan fingerprint density at radius 2 is 2.00 bits per heavy atom. The van der Waals surface area contributed by atoms with E-state index in [4.69, 9.17) is 4.74 Å². The van der Waals surface area contributed by atoms with Crippen molar-refractivity contribution in [3.05, 3.63) is 65.9 Å². The molecule has 0 aliphatic rings. The molecule has 0 spiro atoms. The number of aromatic nitrogens is 2. The van der Waals surface area contributed by atoms with Gasteiger partial charge < -0.3 is 10.1 Å². The minimum absolute atomic E-state index is 0.121. The van der Waals surface area contributed by atoms with Gasteiger partial charge in [-0.25, -0.2) is 9.97 Å². The standard InChI is InChI=1S/C22H20N4O2S/c1-15-4-3-12-24-21(15)26-20(27)11-13-29-22-17(14-23)7-10-19(25-22)16-5-8-18(28-2)9-6-16/h3-10,12H,11,13H2,1-2H3,(H,24,26,27). The molecule has 7 heteroatoms. The number of nitrogens with zero attached hydrogens (tertiary/aromatic N) is 3. The summed E-state index contributed by atoms with van der Waals surface area (Å²) in [5, 5.41) is 12.8. The number of methoxy groups -OCH3 is 1. The molecule has 3 aromatic rings. The molecule has 0 aliphatic heterocycles. The van der Waals surface area contributed by atoms with Crippen LogP contribution >= 0.6 is 11.8 Å². The van der Waals surface area contributed by atoms with Gasteiger partial charge in [0.05, 0.1) is 18.4 Å². The van der Waals surface area contributed by atoms with Crippen molar-refractivity contribution in [3.8, 4) is 23.1 Å². The lowest BCUT2D eigenvalue weighted by Crippen LogP contribution is -2.14. The number of anilines is 1. The average Bonchev–Trinajstić information content (AvgIpc) is 2.75. The third-order valence-electron chi connectivity index (χ3n) is 4.20. The lowest BCUT2D eigenvalue weighted by molar-refractivity contribution is -0.115. The van der Waals surface area contributed by atoms with Gasteiger partial charge in [0.2, 0.25) is 5.91 Å². The highest BCUT2D eigenvalue weighted by Crippen LogP contribution is 2.27. The van der Waals surface area contributed by atoms with Crippen LogP contribution in [0.5, 0.6) is 5.75 Å². The topological polar surface area (TPSA) is 87.9 Å². The van der Waals surface area contributed by atoms with Crippen LogP contribution in [0.25, 0.3) is 11.3 Å². The zero-order chi connectivity index (χ0) is 20.6. The van der Waals surface area contributed by atoms with Crippen LogP contribution < -0.4 is 10.1 Å². The van der Waals surface area contributed by atoms with Gasteiger partial charge in [0.1, 0.15) is 22.7 Å². The summed E-state index contributed by atoms with van der Waals surface area (Å²) in [6, 6.07) is 17.0. The summed E-state index contributed by atoms with van der Waals surface area (Å²) in [5.41, 5.74) is 3.10. The molecule has 0 radical (unpaired) electrons. The van der Waals surface area contributed by atoms with E-state index < -0.39 is 0 Å². The number of nitrogens with one attached hydrogen (secondary N) is 1. The van der Waals surface area contributed by atoms with Crippen molar-refractivity contribution in [1.29, 1.82) is 5.26 Å². The first kappa shape index (κ1) is 20.4. The van der Waals surface area contributed by atoms with Gasteiger partial charge in [-0.15, -0.1) is 11.8 Å². The van der Waals surface area contributed by atoms with Crippen LogP contribution in [-0.2, 0) is 4.79 Å². The van der Waals surface area contributed by atoms with E-state index in [0.29, 0.717) is 28.6 Å². The number of thioether (sulfide) groups is 1. The van der Waals surface area contributed by atoms with Gasteiger partial charge in [0.15, 0.2) is 0 Å². The monoisotopic (exact) mass is 404 g/mol. The number of rotatable bonds is 7. The normalized spacial score (nSPS) is 10.2. The van der Waals surface area contributed by atoms with E-state index in [-0.39, 0.29) is 5.91 Å². The van der Waals surface area contributed by atoms with Gasteiger partial charge in [0.25, 0.3) is 0 Å². The van der Waals surface area contributed by atoms with Gasteiger partial charge in [-0.05, 0) is 55.0 Å². The van der Waals surface area contributed by atoms with Crippen molar-refractivity contribution in [2.45, 2.75) is 18.4 Å². The van der Waals surface area contributed by atoms with Gasteiger partial charge in [0, 0.05) is 23.9 Å². The molecule has 0 saturated heterocycles. The van der Waals surface area contributed by atoms with Gasteiger partial charge >= 0.3 is 0 Å². The van der Waals surface area contributed by atoms with Crippen LogP contribution in [0.4, 0.5) is 5.82 Å². The number of hydrogen-bond acceptors (Lipinski definition) is 6. The minimum Gasteiger partial charge on any atom is -0.497 e. The van der Waals surface area contributed by atoms with Crippen molar-refractivity contribution < 1.29 is 9.53 Å². The molecule has 2 heterocycles. The fraction of sp³-hybridized carbons (Fsp3) is 0.182. The van der Waals surface area contributed by atoms with E-state index >= 15 is 0 Å². The van der Waals surface area contributed by atoms with Gasteiger partial charge in [-0.1, -0.05) is 6.07 Å². The first-order valence-electron chi connectivity index (χ1n) is 9.00. The van der Waals surface area contributed by atoms with Gasteiger partial charge in [-0.3, -0.25) is 4.79 Å². The summed E-state index contributed by atoms with van der Waals surface area (Å²) >= 11 is 1.39. The highest BCUT2D eigenvalue weighted by Gasteiger charge is 2.11. The lowest BCUT2D eigenvalue weighted by atomic mass is 10.1. The van der Waals surface area contributed by atoms with Crippen LogP contribution in [0.2, 0.25) is 0 Å². The molecule has 0 fully saturated rings. The second-order valence-electron chi connectivity index (χ2n) is 6.21.